The molecular weight excluding hydrogens is 456 g/mol. The highest BCUT2D eigenvalue weighted by atomic mass is 16.2. The number of hydrogen-bond acceptors (Lipinski definition) is 7. The number of fused-ring (bicyclic) bond motifs is 1. The van der Waals surface area contributed by atoms with Gasteiger partial charge in [0.15, 0.2) is 5.78 Å². The molecule has 2 aromatic heterocycles. The predicted octanol–water partition coefficient (Wildman–Crippen LogP) is 2.47. The van der Waals surface area contributed by atoms with E-state index in [-0.39, 0.29) is 23.3 Å². The van der Waals surface area contributed by atoms with Gasteiger partial charge < -0.3 is 15.5 Å². The average Bonchev–Trinajstić information content (AvgIpc) is 3.36. The van der Waals surface area contributed by atoms with Crippen LogP contribution in [0.1, 0.15) is 38.7 Å². The normalized spacial score (nSPS) is 20.6. The second-order valence-electron chi connectivity index (χ2n) is 9.93. The number of benzene rings is 1. The molecule has 0 spiro atoms. The van der Waals surface area contributed by atoms with Crippen LogP contribution in [0.4, 0.5) is 5.95 Å². The number of anilines is 1. The Morgan fingerprint density at radius 1 is 1.14 bits per heavy atom. The Kier molecular flexibility index (Phi) is 6.34. The van der Waals surface area contributed by atoms with Crippen LogP contribution in [-0.4, -0.2) is 63.3 Å². The molecule has 5 rings (SSSR count). The molecule has 0 unspecified atom stereocenters. The lowest BCUT2D eigenvalue weighted by molar-refractivity contribution is -0.129. The van der Waals surface area contributed by atoms with E-state index in [9.17, 15) is 14.4 Å². The van der Waals surface area contributed by atoms with Crippen LogP contribution in [0.3, 0.4) is 0 Å². The number of Topliss-reactive ketones (excluding diaryl/α,β-unsaturated/α-hetero) is 1. The molecule has 1 amide bonds. The lowest BCUT2D eigenvalue weighted by atomic mass is 9.91. The third-order valence-corrected chi connectivity index (χ3v) is 7.67. The van der Waals surface area contributed by atoms with E-state index in [1.165, 1.54) is 0 Å². The summed E-state index contributed by atoms with van der Waals surface area (Å²) in [5.41, 5.74) is 1.58. The second kappa shape index (κ2) is 9.46. The van der Waals surface area contributed by atoms with Crippen molar-refractivity contribution in [2.45, 2.75) is 51.6 Å². The summed E-state index contributed by atoms with van der Waals surface area (Å²) < 4.78 is 1.61. The van der Waals surface area contributed by atoms with Crippen LogP contribution in [0.2, 0.25) is 0 Å². The van der Waals surface area contributed by atoms with Gasteiger partial charge >= 0.3 is 0 Å². The van der Waals surface area contributed by atoms with Gasteiger partial charge in [-0.25, -0.2) is 4.98 Å². The fourth-order valence-corrected chi connectivity index (χ4v) is 5.48. The highest BCUT2D eigenvalue weighted by Gasteiger charge is 2.43. The van der Waals surface area contributed by atoms with Gasteiger partial charge in [-0.2, -0.15) is 4.98 Å². The van der Waals surface area contributed by atoms with Crippen molar-refractivity contribution in [3.63, 3.8) is 0 Å². The van der Waals surface area contributed by atoms with E-state index in [4.69, 9.17) is 4.98 Å². The molecule has 2 aliphatic rings. The summed E-state index contributed by atoms with van der Waals surface area (Å²) in [5.74, 6) is 0.441. The molecule has 9 nitrogen and oxygen atoms in total. The van der Waals surface area contributed by atoms with Crippen molar-refractivity contribution in [1.29, 1.82) is 0 Å². The van der Waals surface area contributed by atoms with Crippen LogP contribution in [0, 0.1) is 6.92 Å². The van der Waals surface area contributed by atoms with Gasteiger partial charge in [-0.1, -0.05) is 24.3 Å². The number of nitrogens with zero attached hydrogens (tertiary/aromatic N) is 4. The van der Waals surface area contributed by atoms with Gasteiger partial charge in [0.05, 0.1) is 0 Å². The molecule has 0 radical (unpaired) electrons. The Labute approximate surface area is 209 Å². The summed E-state index contributed by atoms with van der Waals surface area (Å²) >= 11 is 0. The van der Waals surface area contributed by atoms with Gasteiger partial charge in [0.25, 0.3) is 5.56 Å². The molecule has 2 aliphatic heterocycles. The third kappa shape index (κ3) is 4.17. The maximum Gasteiger partial charge on any atom is 0.261 e. The van der Waals surface area contributed by atoms with Crippen LogP contribution in [0.25, 0.3) is 22.2 Å². The molecule has 2 saturated heterocycles. The van der Waals surface area contributed by atoms with E-state index in [1.807, 2.05) is 42.2 Å². The van der Waals surface area contributed by atoms with Gasteiger partial charge in [0.2, 0.25) is 11.9 Å². The third-order valence-electron chi connectivity index (χ3n) is 7.67. The Hall–Kier alpha value is -3.59. The van der Waals surface area contributed by atoms with Crippen molar-refractivity contribution in [1.82, 2.24) is 24.8 Å². The van der Waals surface area contributed by atoms with E-state index in [0.29, 0.717) is 55.1 Å². The maximum atomic E-state index is 14.1. The summed E-state index contributed by atoms with van der Waals surface area (Å²) in [4.78, 5) is 50.0. The number of carbonyl (C=O) groups excluding carboxylic acids is 2. The van der Waals surface area contributed by atoms with Crippen molar-refractivity contribution in [2.75, 3.05) is 31.5 Å². The van der Waals surface area contributed by atoms with Crippen LogP contribution < -0.4 is 16.2 Å². The molecule has 0 bridgehead atoms. The number of hydrogen-bond donors (Lipinski definition) is 2. The number of aryl methyl sites for hydroxylation is 1. The summed E-state index contributed by atoms with van der Waals surface area (Å²) in [6, 6.07) is 9.72. The zero-order valence-electron chi connectivity index (χ0n) is 21.0. The molecule has 2 fully saturated rings. The first-order valence-electron chi connectivity index (χ1n) is 12.5. The first-order valence-corrected chi connectivity index (χ1v) is 12.5. The van der Waals surface area contributed by atoms with Crippen LogP contribution in [0.5, 0.6) is 0 Å². The number of likely N-dealkylation sites (tertiary alicyclic amines) is 1. The Morgan fingerprint density at radius 3 is 2.53 bits per heavy atom. The van der Waals surface area contributed by atoms with Crippen LogP contribution in [-0.2, 0) is 15.1 Å². The minimum atomic E-state index is -1.01. The number of pyridine rings is 1. The summed E-state index contributed by atoms with van der Waals surface area (Å²) in [5, 5.41) is 7.37. The SMILES string of the molecule is CC(=O)N1CCC(Nc2ncc3cc(-c4ccccc4C)c(=O)n([C@]4(C(C)=O)CCNC4)c3n2)CC1. The number of piperidine rings is 1. The molecule has 36 heavy (non-hydrogen) atoms. The van der Waals surface area contributed by atoms with Gasteiger partial charge in [-0.05, 0) is 56.8 Å². The van der Waals surface area contributed by atoms with Crippen molar-refractivity contribution < 1.29 is 9.59 Å². The Bertz CT molecular complexity index is 1380. The van der Waals surface area contributed by atoms with E-state index < -0.39 is 5.54 Å². The monoisotopic (exact) mass is 488 g/mol. The fraction of sp³-hybridized carbons (Fsp3) is 0.444. The highest BCUT2D eigenvalue weighted by Crippen LogP contribution is 2.31. The van der Waals surface area contributed by atoms with Gasteiger partial charge in [-0.3, -0.25) is 19.0 Å². The number of ketones is 1. The molecular formula is C27H32N6O3. The van der Waals surface area contributed by atoms with Crippen molar-refractivity contribution >= 4 is 28.7 Å². The molecule has 1 atom stereocenters. The molecule has 9 heteroatoms. The standard InChI is InChI=1S/C27H32N6O3/c1-17-6-4-5-7-22(17)23-14-20-15-29-26(30-21-8-12-32(13-9-21)19(3)35)31-24(20)33(25(23)36)27(18(2)34)10-11-28-16-27/h4-7,14-15,21,28H,8-13,16H2,1-3H3,(H,29,30,31)/t27-/m1/s1. The smallest absolute Gasteiger partial charge is 0.261 e. The number of amides is 1. The van der Waals surface area contributed by atoms with E-state index >= 15 is 0 Å². The highest BCUT2D eigenvalue weighted by molar-refractivity contribution is 5.89. The van der Waals surface area contributed by atoms with Gasteiger partial charge in [-0.15, -0.1) is 0 Å². The molecule has 4 heterocycles. The summed E-state index contributed by atoms with van der Waals surface area (Å²) in [7, 11) is 0. The van der Waals surface area contributed by atoms with Gasteiger partial charge in [0.1, 0.15) is 11.2 Å². The zero-order chi connectivity index (χ0) is 25.4. The number of rotatable bonds is 5. The quantitative estimate of drug-likeness (QED) is 0.568. The molecule has 3 aromatic rings. The Balaban J connectivity index is 1.63. The van der Waals surface area contributed by atoms with Crippen molar-refractivity contribution in [2.24, 2.45) is 0 Å². The number of nitrogens with one attached hydrogen (secondary N) is 2. The molecule has 188 valence electrons. The molecule has 1 aromatic carbocycles. The van der Waals surface area contributed by atoms with Crippen LogP contribution in [0.15, 0.2) is 41.3 Å². The van der Waals surface area contributed by atoms with E-state index in [0.717, 1.165) is 24.0 Å². The topological polar surface area (TPSA) is 109 Å². The van der Waals surface area contributed by atoms with Crippen LogP contribution >= 0.6 is 0 Å². The molecule has 2 N–H and O–H groups in total. The first-order chi connectivity index (χ1) is 17.3. The van der Waals surface area contributed by atoms with Crippen molar-refractivity contribution in [3.05, 3.63) is 52.4 Å². The summed E-state index contributed by atoms with van der Waals surface area (Å²) in [6.45, 7) is 7.51. The zero-order valence-corrected chi connectivity index (χ0v) is 21.0. The van der Waals surface area contributed by atoms with Crippen molar-refractivity contribution in [3.8, 4) is 11.1 Å². The number of aromatic nitrogens is 3. The molecule has 0 saturated carbocycles. The van der Waals surface area contributed by atoms with E-state index in [1.54, 1.807) is 24.6 Å². The summed E-state index contributed by atoms with van der Waals surface area (Å²) in [6.07, 6.45) is 3.83. The molecule has 0 aliphatic carbocycles. The number of carbonyl (C=O) groups is 2. The average molecular weight is 489 g/mol. The fourth-order valence-electron chi connectivity index (χ4n) is 5.48. The predicted molar refractivity (Wildman–Crippen MR) is 139 cm³/mol. The lowest BCUT2D eigenvalue weighted by Crippen LogP contribution is -2.49. The largest absolute Gasteiger partial charge is 0.351 e. The second-order valence-corrected chi connectivity index (χ2v) is 9.93. The Morgan fingerprint density at radius 2 is 1.89 bits per heavy atom. The van der Waals surface area contributed by atoms with E-state index in [2.05, 4.69) is 15.6 Å². The maximum absolute atomic E-state index is 14.1. The first kappa shape index (κ1) is 24.1. The minimum absolute atomic E-state index is 0.0671. The van der Waals surface area contributed by atoms with Gasteiger partial charge in [0, 0.05) is 49.7 Å². The lowest BCUT2D eigenvalue weighted by Gasteiger charge is -2.32. The minimum Gasteiger partial charge on any atom is -0.351 e.